The summed E-state index contributed by atoms with van der Waals surface area (Å²) in [6.07, 6.45) is 0. The fraction of sp³-hybridized carbons (Fsp3) is 0.238. The number of fused-ring (bicyclic) bond motifs is 1. The molecular formula is C21H20N4O4S. The third kappa shape index (κ3) is 3.76. The summed E-state index contributed by atoms with van der Waals surface area (Å²) >= 11 is 1.25. The zero-order valence-corrected chi connectivity index (χ0v) is 17.3. The lowest BCUT2D eigenvalue weighted by molar-refractivity contribution is 0.0514. The standard InChI is InChI=1S/C21H20N4O4S/c1-3-29-21(27)17-20-25(24-22-17)23-16(13-7-5-4-6-8-13)19(30-20)18(26)14-9-11-15(28-2)12-10-14/h4-12,16,19,23H,3H2,1-2H3/t16-,19-/m0/s1. The van der Waals surface area contributed by atoms with Gasteiger partial charge in [0.15, 0.2) is 10.8 Å². The lowest BCUT2D eigenvalue weighted by atomic mass is 9.97. The van der Waals surface area contributed by atoms with Crippen molar-refractivity contribution >= 4 is 23.5 Å². The van der Waals surface area contributed by atoms with E-state index >= 15 is 0 Å². The van der Waals surface area contributed by atoms with Crippen molar-refractivity contribution in [3.05, 3.63) is 71.4 Å². The molecule has 2 atom stereocenters. The minimum absolute atomic E-state index is 0.0775. The lowest BCUT2D eigenvalue weighted by Gasteiger charge is -2.32. The Balaban J connectivity index is 1.72. The molecule has 0 saturated heterocycles. The Bertz CT molecular complexity index is 1050. The van der Waals surface area contributed by atoms with Crippen molar-refractivity contribution < 1.29 is 19.1 Å². The first-order valence-corrected chi connectivity index (χ1v) is 10.3. The summed E-state index contributed by atoms with van der Waals surface area (Å²) in [5, 5.41) is 7.90. The number of nitrogens with zero attached hydrogens (tertiary/aromatic N) is 3. The molecule has 9 heteroatoms. The number of ether oxygens (including phenoxy) is 2. The average molecular weight is 424 g/mol. The molecule has 0 radical (unpaired) electrons. The summed E-state index contributed by atoms with van der Waals surface area (Å²) in [4.78, 5) is 27.2. The topological polar surface area (TPSA) is 95.3 Å². The van der Waals surface area contributed by atoms with Crippen LogP contribution in [0.25, 0.3) is 0 Å². The molecular weight excluding hydrogens is 404 g/mol. The Morgan fingerprint density at radius 1 is 1.13 bits per heavy atom. The fourth-order valence-corrected chi connectivity index (χ4v) is 4.48. The Morgan fingerprint density at radius 2 is 1.87 bits per heavy atom. The van der Waals surface area contributed by atoms with Crippen molar-refractivity contribution in [2.75, 3.05) is 19.1 Å². The van der Waals surface area contributed by atoms with Crippen LogP contribution in [-0.2, 0) is 4.74 Å². The molecule has 0 unspecified atom stereocenters. The van der Waals surface area contributed by atoms with E-state index in [1.54, 1.807) is 38.3 Å². The number of carbonyl (C=O) groups is 2. The van der Waals surface area contributed by atoms with Crippen LogP contribution in [0.4, 0.5) is 0 Å². The van der Waals surface area contributed by atoms with Crippen LogP contribution in [0, 0.1) is 0 Å². The maximum absolute atomic E-state index is 13.5. The van der Waals surface area contributed by atoms with E-state index in [1.807, 2.05) is 30.3 Å². The molecule has 0 spiro atoms. The monoisotopic (exact) mass is 424 g/mol. The Hall–Kier alpha value is -3.33. The molecule has 0 fully saturated rings. The van der Waals surface area contributed by atoms with Crippen molar-refractivity contribution in [2.24, 2.45) is 0 Å². The second-order valence-electron chi connectivity index (χ2n) is 6.52. The van der Waals surface area contributed by atoms with Gasteiger partial charge in [-0.3, -0.25) is 10.2 Å². The highest BCUT2D eigenvalue weighted by molar-refractivity contribution is 8.00. The van der Waals surface area contributed by atoms with E-state index in [0.29, 0.717) is 16.3 Å². The first-order valence-electron chi connectivity index (χ1n) is 9.41. The van der Waals surface area contributed by atoms with E-state index in [9.17, 15) is 9.59 Å². The van der Waals surface area contributed by atoms with E-state index in [1.165, 1.54) is 16.6 Å². The average Bonchev–Trinajstić information content (AvgIpc) is 3.21. The third-order valence-corrected chi connectivity index (χ3v) is 6.02. The summed E-state index contributed by atoms with van der Waals surface area (Å²) in [5.41, 5.74) is 4.79. The third-order valence-electron chi connectivity index (χ3n) is 4.69. The number of nitrogens with one attached hydrogen (secondary N) is 1. The van der Waals surface area contributed by atoms with Gasteiger partial charge in [0.25, 0.3) is 0 Å². The molecule has 30 heavy (non-hydrogen) atoms. The molecule has 1 aromatic heterocycles. The number of hydrogen-bond acceptors (Lipinski definition) is 8. The smallest absolute Gasteiger partial charge is 0.361 e. The highest BCUT2D eigenvalue weighted by Crippen LogP contribution is 2.40. The number of ketones is 1. The van der Waals surface area contributed by atoms with Crippen molar-refractivity contribution in [1.82, 2.24) is 15.1 Å². The Labute approximate surface area is 177 Å². The molecule has 0 aliphatic carbocycles. The molecule has 0 saturated carbocycles. The number of Topliss-reactive ketones (excluding diaryl/α,β-unsaturated/α-hetero) is 1. The Morgan fingerprint density at radius 3 is 2.53 bits per heavy atom. The van der Waals surface area contributed by atoms with Crippen LogP contribution in [0.1, 0.15) is 39.4 Å². The van der Waals surface area contributed by atoms with E-state index in [2.05, 4.69) is 15.7 Å². The number of methoxy groups -OCH3 is 1. The number of esters is 1. The largest absolute Gasteiger partial charge is 0.497 e. The predicted octanol–water partition coefficient (Wildman–Crippen LogP) is 3.11. The highest BCUT2D eigenvalue weighted by atomic mass is 32.2. The van der Waals surface area contributed by atoms with Gasteiger partial charge in [0.05, 0.1) is 19.8 Å². The van der Waals surface area contributed by atoms with Crippen LogP contribution in [0.15, 0.2) is 59.6 Å². The predicted molar refractivity (Wildman–Crippen MR) is 111 cm³/mol. The van der Waals surface area contributed by atoms with Gasteiger partial charge in [-0.2, -0.15) is 4.79 Å². The van der Waals surface area contributed by atoms with Crippen LogP contribution in [0.2, 0.25) is 0 Å². The first kappa shape index (κ1) is 20.0. The zero-order chi connectivity index (χ0) is 21.1. The quantitative estimate of drug-likeness (QED) is 0.476. The number of carbonyl (C=O) groups excluding carboxylic acids is 2. The summed E-state index contributed by atoms with van der Waals surface area (Å²) in [6.45, 7) is 1.95. The molecule has 1 aliphatic rings. The molecule has 0 bridgehead atoms. The van der Waals surface area contributed by atoms with E-state index < -0.39 is 11.2 Å². The van der Waals surface area contributed by atoms with Crippen LogP contribution in [0.3, 0.4) is 0 Å². The lowest BCUT2D eigenvalue weighted by Crippen LogP contribution is -2.39. The summed E-state index contributed by atoms with van der Waals surface area (Å²) < 4.78 is 10.3. The summed E-state index contributed by atoms with van der Waals surface area (Å²) in [6, 6.07) is 16.2. The molecule has 1 N–H and O–H groups in total. The number of rotatable bonds is 6. The van der Waals surface area contributed by atoms with Crippen LogP contribution < -0.4 is 10.2 Å². The molecule has 2 aromatic carbocycles. The van der Waals surface area contributed by atoms with Gasteiger partial charge in [-0.05, 0) is 42.0 Å². The van der Waals surface area contributed by atoms with Gasteiger partial charge in [-0.15, -0.1) is 5.10 Å². The van der Waals surface area contributed by atoms with Gasteiger partial charge in [-0.25, -0.2) is 4.79 Å². The molecule has 2 heterocycles. The van der Waals surface area contributed by atoms with Crippen LogP contribution in [0.5, 0.6) is 5.75 Å². The molecule has 4 rings (SSSR count). The molecule has 8 nitrogen and oxygen atoms in total. The summed E-state index contributed by atoms with van der Waals surface area (Å²) in [5.74, 6) is 0.0283. The molecule has 154 valence electrons. The number of aromatic nitrogens is 3. The molecule has 1 aliphatic heterocycles. The van der Waals surface area contributed by atoms with Crippen molar-refractivity contribution in [2.45, 2.75) is 23.2 Å². The second kappa shape index (κ2) is 8.58. The summed E-state index contributed by atoms with van der Waals surface area (Å²) in [7, 11) is 1.58. The van der Waals surface area contributed by atoms with Crippen LogP contribution >= 0.6 is 11.8 Å². The fourth-order valence-electron chi connectivity index (χ4n) is 3.21. The number of hydrogen-bond donors (Lipinski definition) is 1. The van der Waals surface area contributed by atoms with Crippen molar-refractivity contribution in [3.63, 3.8) is 0 Å². The molecule has 0 amide bonds. The van der Waals surface area contributed by atoms with Gasteiger partial charge >= 0.3 is 5.97 Å². The second-order valence-corrected chi connectivity index (χ2v) is 7.65. The van der Waals surface area contributed by atoms with Gasteiger partial charge in [0.1, 0.15) is 11.0 Å². The minimum atomic E-state index is -0.568. The van der Waals surface area contributed by atoms with Gasteiger partial charge in [0, 0.05) is 5.56 Å². The van der Waals surface area contributed by atoms with Crippen molar-refractivity contribution in [1.29, 1.82) is 0 Å². The normalized spacial score (nSPS) is 17.5. The number of thioether (sulfide) groups is 1. The van der Waals surface area contributed by atoms with Crippen molar-refractivity contribution in [3.8, 4) is 5.75 Å². The van der Waals surface area contributed by atoms with Gasteiger partial charge in [-0.1, -0.05) is 42.1 Å². The zero-order valence-electron chi connectivity index (χ0n) is 16.4. The van der Waals surface area contributed by atoms with E-state index in [0.717, 1.165) is 5.56 Å². The Kier molecular flexibility index (Phi) is 5.71. The van der Waals surface area contributed by atoms with E-state index in [4.69, 9.17) is 9.47 Å². The van der Waals surface area contributed by atoms with Gasteiger partial charge < -0.3 is 9.47 Å². The van der Waals surface area contributed by atoms with E-state index in [-0.39, 0.29) is 24.1 Å². The van der Waals surface area contributed by atoms with Crippen LogP contribution in [-0.4, -0.2) is 45.8 Å². The molecule has 3 aromatic rings. The maximum atomic E-state index is 13.5. The SMILES string of the molecule is CCOC(=O)c1nnn2c1S[C@H](C(=O)c1ccc(OC)cc1)[C@H](c1ccccc1)N2. The number of benzene rings is 2. The maximum Gasteiger partial charge on any atom is 0.361 e. The highest BCUT2D eigenvalue weighted by Gasteiger charge is 2.39. The first-order chi connectivity index (χ1) is 14.6. The minimum Gasteiger partial charge on any atom is -0.497 e. The van der Waals surface area contributed by atoms with Gasteiger partial charge in [0.2, 0.25) is 5.69 Å².